The van der Waals surface area contributed by atoms with E-state index in [4.69, 9.17) is 0 Å². The van der Waals surface area contributed by atoms with Crippen LogP contribution in [-0.2, 0) is 6.54 Å². The molecule has 0 aliphatic carbocycles. The van der Waals surface area contributed by atoms with E-state index in [1.165, 1.54) is 0 Å². The van der Waals surface area contributed by atoms with Gasteiger partial charge in [-0.3, -0.25) is 0 Å². The van der Waals surface area contributed by atoms with E-state index in [1.807, 2.05) is 42.5 Å². The predicted molar refractivity (Wildman–Crippen MR) is 73.8 cm³/mol. The van der Waals surface area contributed by atoms with E-state index in [0.29, 0.717) is 5.56 Å². The number of hydrogen-bond donors (Lipinski definition) is 1. The van der Waals surface area contributed by atoms with Gasteiger partial charge < -0.3 is 5.32 Å². The molecule has 0 heterocycles. The Labute approximate surface area is 108 Å². The first-order valence-corrected chi connectivity index (χ1v) is 6.36. The van der Waals surface area contributed by atoms with Gasteiger partial charge in [-0.1, -0.05) is 49.4 Å². The van der Waals surface area contributed by atoms with Gasteiger partial charge in [-0.05, 0) is 30.2 Å². The zero-order valence-corrected chi connectivity index (χ0v) is 10.6. The van der Waals surface area contributed by atoms with Crippen LogP contribution >= 0.6 is 0 Å². The molecule has 0 unspecified atom stereocenters. The number of benzene rings is 2. The maximum Gasteiger partial charge on any atom is 0.131 e. The van der Waals surface area contributed by atoms with Crippen molar-refractivity contribution in [3.05, 3.63) is 59.9 Å². The third-order valence-corrected chi connectivity index (χ3v) is 2.87. The number of rotatable bonds is 5. The summed E-state index contributed by atoms with van der Waals surface area (Å²) in [5.41, 5.74) is 2.57. The molecule has 0 aliphatic rings. The molecular formula is C16H18FN. The molecule has 0 radical (unpaired) electrons. The van der Waals surface area contributed by atoms with E-state index in [-0.39, 0.29) is 5.82 Å². The van der Waals surface area contributed by atoms with E-state index < -0.39 is 0 Å². The smallest absolute Gasteiger partial charge is 0.131 e. The molecule has 0 amide bonds. The Morgan fingerprint density at radius 1 is 1.06 bits per heavy atom. The summed E-state index contributed by atoms with van der Waals surface area (Å²) < 4.78 is 14.0. The first-order chi connectivity index (χ1) is 8.81. The Bertz CT molecular complexity index is 494. The summed E-state index contributed by atoms with van der Waals surface area (Å²) >= 11 is 0. The first-order valence-electron chi connectivity index (χ1n) is 6.36. The van der Waals surface area contributed by atoms with Crippen molar-refractivity contribution in [2.24, 2.45) is 0 Å². The van der Waals surface area contributed by atoms with Crippen LogP contribution < -0.4 is 5.32 Å². The molecule has 2 aromatic carbocycles. The predicted octanol–water partition coefficient (Wildman–Crippen LogP) is 3.99. The van der Waals surface area contributed by atoms with Gasteiger partial charge in [-0.15, -0.1) is 0 Å². The quantitative estimate of drug-likeness (QED) is 0.783. The second kappa shape index (κ2) is 6.31. The Kier molecular flexibility index (Phi) is 4.48. The molecule has 0 saturated heterocycles. The van der Waals surface area contributed by atoms with Crippen LogP contribution in [0.3, 0.4) is 0 Å². The zero-order valence-electron chi connectivity index (χ0n) is 10.6. The van der Waals surface area contributed by atoms with Crippen molar-refractivity contribution in [1.29, 1.82) is 0 Å². The van der Waals surface area contributed by atoms with Gasteiger partial charge in [-0.2, -0.15) is 0 Å². The molecule has 0 bridgehead atoms. The average molecular weight is 243 g/mol. The number of halogens is 1. The summed E-state index contributed by atoms with van der Waals surface area (Å²) in [5, 5.41) is 3.27. The van der Waals surface area contributed by atoms with Crippen molar-refractivity contribution >= 4 is 0 Å². The molecule has 1 nitrogen and oxygen atoms in total. The maximum atomic E-state index is 14.0. The molecule has 0 aromatic heterocycles. The van der Waals surface area contributed by atoms with E-state index >= 15 is 0 Å². The van der Waals surface area contributed by atoms with E-state index in [9.17, 15) is 4.39 Å². The molecule has 94 valence electrons. The van der Waals surface area contributed by atoms with Crippen LogP contribution in [0.25, 0.3) is 11.1 Å². The minimum atomic E-state index is -0.156. The van der Waals surface area contributed by atoms with Crippen LogP contribution in [0.2, 0.25) is 0 Å². The highest BCUT2D eigenvalue weighted by Crippen LogP contribution is 2.23. The van der Waals surface area contributed by atoms with Crippen LogP contribution in [0, 0.1) is 5.82 Å². The Morgan fingerprint density at radius 2 is 1.83 bits per heavy atom. The van der Waals surface area contributed by atoms with Gasteiger partial charge in [0, 0.05) is 12.1 Å². The highest BCUT2D eigenvalue weighted by atomic mass is 19.1. The third-order valence-electron chi connectivity index (χ3n) is 2.87. The van der Waals surface area contributed by atoms with Crippen LogP contribution in [0.4, 0.5) is 4.39 Å². The van der Waals surface area contributed by atoms with Crippen LogP contribution in [0.15, 0.2) is 48.5 Å². The number of nitrogens with one attached hydrogen (secondary N) is 1. The van der Waals surface area contributed by atoms with Crippen molar-refractivity contribution in [3.63, 3.8) is 0 Å². The van der Waals surface area contributed by atoms with Crippen molar-refractivity contribution < 1.29 is 4.39 Å². The van der Waals surface area contributed by atoms with Crippen molar-refractivity contribution in [2.75, 3.05) is 6.54 Å². The molecule has 1 N–H and O–H groups in total. The Balaban J connectivity index is 2.15. The number of hydrogen-bond acceptors (Lipinski definition) is 1. The molecule has 18 heavy (non-hydrogen) atoms. The lowest BCUT2D eigenvalue weighted by molar-refractivity contribution is 0.622. The summed E-state index contributed by atoms with van der Waals surface area (Å²) in [6.45, 7) is 3.80. The average Bonchev–Trinajstić information content (AvgIpc) is 2.40. The SMILES string of the molecule is CCCNCc1ccc(-c2ccccc2)c(F)c1. The van der Waals surface area contributed by atoms with Gasteiger partial charge in [0.2, 0.25) is 0 Å². The van der Waals surface area contributed by atoms with E-state index in [0.717, 1.165) is 30.6 Å². The molecule has 2 heteroatoms. The van der Waals surface area contributed by atoms with E-state index in [2.05, 4.69) is 12.2 Å². The fraction of sp³-hybridized carbons (Fsp3) is 0.250. The summed E-state index contributed by atoms with van der Waals surface area (Å²) in [7, 11) is 0. The van der Waals surface area contributed by atoms with Gasteiger partial charge in [0.15, 0.2) is 0 Å². The highest BCUT2D eigenvalue weighted by molar-refractivity contribution is 5.64. The minimum Gasteiger partial charge on any atom is -0.313 e. The van der Waals surface area contributed by atoms with Gasteiger partial charge in [0.25, 0.3) is 0 Å². The van der Waals surface area contributed by atoms with Gasteiger partial charge in [0.05, 0.1) is 0 Å². The van der Waals surface area contributed by atoms with Gasteiger partial charge >= 0.3 is 0 Å². The normalized spacial score (nSPS) is 10.6. The largest absolute Gasteiger partial charge is 0.313 e. The summed E-state index contributed by atoms with van der Waals surface area (Å²) in [6.07, 6.45) is 1.09. The van der Waals surface area contributed by atoms with Crippen molar-refractivity contribution in [3.8, 4) is 11.1 Å². The molecular weight excluding hydrogens is 225 g/mol. The fourth-order valence-electron chi connectivity index (χ4n) is 1.93. The van der Waals surface area contributed by atoms with Crippen molar-refractivity contribution in [2.45, 2.75) is 19.9 Å². The third kappa shape index (κ3) is 3.17. The van der Waals surface area contributed by atoms with E-state index in [1.54, 1.807) is 6.07 Å². The molecule has 0 spiro atoms. The highest BCUT2D eigenvalue weighted by Gasteiger charge is 2.05. The summed E-state index contributed by atoms with van der Waals surface area (Å²) in [4.78, 5) is 0. The zero-order chi connectivity index (χ0) is 12.8. The van der Waals surface area contributed by atoms with Crippen LogP contribution in [0.1, 0.15) is 18.9 Å². The summed E-state index contributed by atoms with van der Waals surface area (Å²) in [6, 6.07) is 15.1. The minimum absolute atomic E-state index is 0.156. The standard InChI is InChI=1S/C16H18FN/c1-2-10-18-12-13-8-9-15(16(17)11-13)14-6-4-3-5-7-14/h3-9,11,18H,2,10,12H2,1H3. The van der Waals surface area contributed by atoms with Crippen LogP contribution in [0.5, 0.6) is 0 Å². The monoisotopic (exact) mass is 243 g/mol. The lowest BCUT2D eigenvalue weighted by Crippen LogP contribution is -2.13. The maximum absolute atomic E-state index is 14.0. The second-order valence-electron chi connectivity index (χ2n) is 4.36. The molecule has 0 saturated carbocycles. The Morgan fingerprint density at radius 3 is 2.50 bits per heavy atom. The lowest BCUT2D eigenvalue weighted by Gasteiger charge is -2.07. The molecule has 0 fully saturated rings. The first kappa shape index (κ1) is 12.8. The fourth-order valence-corrected chi connectivity index (χ4v) is 1.93. The molecule has 2 aromatic rings. The van der Waals surface area contributed by atoms with Gasteiger partial charge in [0.1, 0.15) is 5.82 Å². The lowest BCUT2D eigenvalue weighted by atomic mass is 10.0. The Hall–Kier alpha value is -1.67. The molecule has 0 atom stereocenters. The topological polar surface area (TPSA) is 12.0 Å². The molecule has 0 aliphatic heterocycles. The second-order valence-corrected chi connectivity index (χ2v) is 4.36. The summed E-state index contributed by atoms with van der Waals surface area (Å²) in [5.74, 6) is -0.156. The van der Waals surface area contributed by atoms with Crippen molar-refractivity contribution in [1.82, 2.24) is 5.32 Å². The van der Waals surface area contributed by atoms with Gasteiger partial charge in [-0.25, -0.2) is 4.39 Å². The van der Waals surface area contributed by atoms with Crippen LogP contribution in [-0.4, -0.2) is 6.54 Å². The molecule has 2 rings (SSSR count).